The summed E-state index contributed by atoms with van der Waals surface area (Å²) in [5.41, 5.74) is -0.542. The van der Waals surface area contributed by atoms with Gasteiger partial charge in [-0.2, -0.15) is 0 Å². The fourth-order valence-electron chi connectivity index (χ4n) is 1.83. The number of methoxy groups -OCH3 is 3. The lowest BCUT2D eigenvalue weighted by Gasteiger charge is -2.13. The molecule has 19 heavy (non-hydrogen) atoms. The normalized spacial score (nSPS) is 10.3. The molecule has 6 nitrogen and oxygen atoms in total. The van der Waals surface area contributed by atoms with Gasteiger partial charge in [0.05, 0.1) is 26.7 Å². The van der Waals surface area contributed by atoms with Gasteiger partial charge in [0.2, 0.25) is 5.75 Å². The Morgan fingerprint density at radius 2 is 1.74 bits per heavy atom. The molecule has 1 aromatic carbocycles. The van der Waals surface area contributed by atoms with Crippen molar-refractivity contribution in [1.29, 1.82) is 0 Å². The minimum atomic E-state index is -0.711. The summed E-state index contributed by atoms with van der Waals surface area (Å²) in [7, 11) is 4.37. The minimum absolute atomic E-state index is 0.0852. The molecular weight excluding hydrogens is 252 g/mol. The molecule has 0 amide bonds. The minimum Gasteiger partial charge on any atom is -0.493 e. The lowest BCUT2D eigenvalue weighted by molar-refractivity contribution is 0.112. The highest BCUT2D eigenvalue weighted by Gasteiger charge is 2.18. The van der Waals surface area contributed by atoms with Crippen LogP contribution in [0.3, 0.4) is 0 Å². The van der Waals surface area contributed by atoms with E-state index < -0.39 is 5.63 Å². The highest BCUT2D eigenvalue weighted by atomic mass is 16.5. The van der Waals surface area contributed by atoms with Crippen LogP contribution in [0, 0.1) is 0 Å². The van der Waals surface area contributed by atoms with E-state index >= 15 is 0 Å². The van der Waals surface area contributed by atoms with Gasteiger partial charge in [-0.05, 0) is 6.07 Å². The number of benzene rings is 1. The number of aldehydes is 1. The number of carbonyl (C=O) groups is 1. The van der Waals surface area contributed by atoms with Crippen LogP contribution in [0.4, 0.5) is 0 Å². The summed E-state index contributed by atoms with van der Waals surface area (Å²) in [6, 6.07) is 2.90. The fourth-order valence-corrected chi connectivity index (χ4v) is 1.83. The molecule has 0 aliphatic heterocycles. The van der Waals surface area contributed by atoms with Crippen molar-refractivity contribution in [2.45, 2.75) is 0 Å². The summed E-state index contributed by atoms with van der Waals surface area (Å²) in [5.74, 6) is 1.07. The summed E-state index contributed by atoms with van der Waals surface area (Å²) in [4.78, 5) is 22.3. The molecule has 1 aromatic heterocycles. The molecule has 0 unspecified atom stereocenters. The van der Waals surface area contributed by atoms with Gasteiger partial charge in [-0.1, -0.05) is 0 Å². The Morgan fingerprint density at radius 1 is 1.05 bits per heavy atom. The monoisotopic (exact) mass is 264 g/mol. The van der Waals surface area contributed by atoms with Crippen LogP contribution in [0.25, 0.3) is 11.0 Å². The van der Waals surface area contributed by atoms with Crippen LogP contribution < -0.4 is 19.8 Å². The Labute approximate surface area is 108 Å². The van der Waals surface area contributed by atoms with E-state index in [-0.39, 0.29) is 11.1 Å². The second-order valence-corrected chi connectivity index (χ2v) is 3.66. The number of ether oxygens (including phenoxy) is 3. The first-order valence-corrected chi connectivity index (χ1v) is 5.38. The molecule has 2 rings (SSSR count). The molecule has 0 atom stereocenters. The first-order chi connectivity index (χ1) is 9.15. The second kappa shape index (κ2) is 5.01. The molecule has 100 valence electrons. The second-order valence-electron chi connectivity index (χ2n) is 3.66. The van der Waals surface area contributed by atoms with Crippen LogP contribution >= 0.6 is 0 Å². The Morgan fingerprint density at radius 3 is 2.26 bits per heavy atom. The Kier molecular flexibility index (Phi) is 3.41. The van der Waals surface area contributed by atoms with E-state index in [2.05, 4.69) is 0 Å². The van der Waals surface area contributed by atoms with Crippen molar-refractivity contribution < 1.29 is 23.4 Å². The van der Waals surface area contributed by atoms with Crippen molar-refractivity contribution in [2.24, 2.45) is 0 Å². The van der Waals surface area contributed by atoms with Gasteiger partial charge < -0.3 is 18.6 Å². The van der Waals surface area contributed by atoms with Crippen molar-refractivity contribution in [1.82, 2.24) is 0 Å². The third kappa shape index (κ3) is 2.01. The molecular formula is C13H12O6. The van der Waals surface area contributed by atoms with Gasteiger partial charge in [-0.3, -0.25) is 4.79 Å². The molecule has 0 fully saturated rings. The maximum atomic E-state index is 11.5. The van der Waals surface area contributed by atoms with E-state index in [1.165, 1.54) is 33.5 Å². The molecule has 0 bridgehead atoms. The van der Waals surface area contributed by atoms with Crippen LogP contribution in [0.1, 0.15) is 10.4 Å². The standard InChI is InChI=1S/C13H12O6/c1-16-10-5-9-8(11(17-2)12(10)18-3)4-7(6-14)13(15)19-9/h4-6H,1-3H3. The van der Waals surface area contributed by atoms with E-state index in [0.717, 1.165) is 0 Å². The molecule has 0 aliphatic rings. The number of fused-ring (bicyclic) bond motifs is 1. The molecule has 6 heteroatoms. The third-order valence-electron chi connectivity index (χ3n) is 2.70. The zero-order chi connectivity index (χ0) is 14.0. The smallest absolute Gasteiger partial charge is 0.346 e. The fraction of sp³-hybridized carbons (Fsp3) is 0.231. The van der Waals surface area contributed by atoms with Crippen molar-refractivity contribution in [3.8, 4) is 17.2 Å². The summed E-state index contributed by atoms with van der Waals surface area (Å²) in [6.07, 6.45) is 0.432. The zero-order valence-corrected chi connectivity index (χ0v) is 10.7. The Balaban J connectivity index is 2.93. The van der Waals surface area contributed by atoms with Gasteiger partial charge in [-0.15, -0.1) is 0 Å². The van der Waals surface area contributed by atoms with Crippen LogP contribution in [-0.2, 0) is 0 Å². The summed E-state index contributed by atoms with van der Waals surface area (Å²) in [6.45, 7) is 0. The highest BCUT2D eigenvalue weighted by molar-refractivity contribution is 5.92. The first kappa shape index (κ1) is 12.9. The SMILES string of the molecule is COc1cc2oc(=O)c(C=O)cc2c(OC)c1OC. The molecule has 0 aliphatic carbocycles. The molecule has 0 saturated heterocycles. The molecule has 1 heterocycles. The maximum Gasteiger partial charge on any atom is 0.346 e. The van der Waals surface area contributed by atoms with E-state index in [1.54, 1.807) is 0 Å². The Hall–Kier alpha value is -2.50. The lowest BCUT2D eigenvalue weighted by atomic mass is 10.1. The van der Waals surface area contributed by atoms with Crippen molar-refractivity contribution in [2.75, 3.05) is 21.3 Å². The van der Waals surface area contributed by atoms with Crippen LogP contribution in [-0.4, -0.2) is 27.6 Å². The quantitative estimate of drug-likeness (QED) is 0.617. The van der Waals surface area contributed by atoms with Crippen molar-refractivity contribution in [3.05, 3.63) is 28.1 Å². The molecule has 0 N–H and O–H groups in total. The van der Waals surface area contributed by atoms with Crippen molar-refractivity contribution >= 4 is 17.3 Å². The van der Waals surface area contributed by atoms with Gasteiger partial charge in [0.1, 0.15) is 11.1 Å². The van der Waals surface area contributed by atoms with Crippen LogP contribution in [0.2, 0.25) is 0 Å². The maximum absolute atomic E-state index is 11.5. The Bertz CT molecular complexity index is 686. The number of hydrogen-bond donors (Lipinski definition) is 0. The molecule has 0 radical (unpaired) electrons. The summed E-state index contributed by atoms with van der Waals surface area (Å²) >= 11 is 0. The van der Waals surface area contributed by atoms with E-state index in [0.29, 0.717) is 28.9 Å². The summed E-state index contributed by atoms with van der Waals surface area (Å²) in [5, 5.41) is 0.460. The van der Waals surface area contributed by atoms with Gasteiger partial charge in [0.15, 0.2) is 17.8 Å². The van der Waals surface area contributed by atoms with Gasteiger partial charge in [0.25, 0.3) is 0 Å². The molecule has 0 spiro atoms. The molecule has 0 saturated carbocycles. The predicted molar refractivity (Wildman–Crippen MR) is 67.5 cm³/mol. The number of hydrogen-bond acceptors (Lipinski definition) is 6. The van der Waals surface area contributed by atoms with E-state index in [1.807, 2.05) is 0 Å². The number of carbonyl (C=O) groups excluding carboxylic acids is 1. The topological polar surface area (TPSA) is 75.0 Å². The van der Waals surface area contributed by atoms with Gasteiger partial charge in [0, 0.05) is 6.07 Å². The average molecular weight is 264 g/mol. The van der Waals surface area contributed by atoms with Gasteiger partial charge in [-0.25, -0.2) is 4.79 Å². The van der Waals surface area contributed by atoms with E-state index in [4.69, 9.17) is 18.6 Å². The largest absolute Gasteiger partial charge is 0.493 e. The van der Waals surface area contributed by atoms with E-state index in [9.17, 15) is 9.59 Å². The zero-order valence-electron chi connectivity index (χ0n) is 10.7. The summed E-state index contributed by atoms with van der Waals surface area (Å²) < 4.78 is 20.7. The van der Waals surface area contributed by atoms with Crippen LogP contribution in [0.15, 0.2) is 21.3 Å². The highest BCUT2D eigenvalue weighted by Crippen LogP contribution is 2.42. The van der Waals surface area contributed by atoms with Crippen LogP contribution in [0.5, 0.6) is 17.2 Å². The molecule has 2 aromatic rings. The van der Waals surface area contributed by atoms with Crippen molar-refractivity contribution in [3.63, 3.8) is 0 Å². The number of rotatable bonds is 4. The third-order valence-corrected chi connectivity index (χ3v) is 2.70. The average Bonchev–Trinajstić information content (AvgIpc) is 2.44. The van der Waals surface area contributed by atoms with Gasteiger partial charge >= 0.3 is 5.63 Å². The first-order valence-electron chi connectivity index (χ1n) is 5.38. The lowest BCUT2D eigenvalue weighted by Crippen LogP contribution is -2.06. The predicted octanol–water partition coefficient (Wildman–Crippen LogP) is 1.63.